The molecule has 1 rings (SSSR count). The Balaban J connectivity index is 2.11. The highest BCUT2D eigenvalue weighted by Crippen LogP contribution is 2.26. The molecule has 0 radical (unpaired) electrons. The molecule has 0 bridgehead atoms. The zero-order valence-corrected chi connectivity index (χ0v) is 8.18. The highest BCUT2D eigenvalue weighted by molar-refractivity contribution is 4.71. The fraction of sp³-hybridized carbons (Fsp3) is 1.00. The summed E-state index contributed by atoms with van der Waals surface area (Å²) in [4.78, 5) is 0. The van der Waals surface area contributed by atoms with Crippen molar-refractivity contribution >= 4 is 0 Å². The van der Waals surface area contributed by atoms with Crippen LogP contribution in [0.25, 0.3) is 0 Å². The molecule has 0 saturated heterocycles. The molecule has 0 heterocycles. The largest absolute Gasteiger partial charge is 0.318 e. The van der Waals surface area contributed by atoms with Crippen molar-refractivity contribution in [3.63, 3.8) is 0 Å². The molecule has 3 N–H and O–H groups in total. The molecule has 0 aromatic heterocycles. The summed E-state index contributed by atoms with van der Waals surface area (Å²) in [7, 11) is 0. The molecule has 2 nitrogen and oxygen atoms in total. The molecule has 1 atom stereocenters. The van der Waals surface area contributed by atoms with Gasteiger partial charge in [0.2, 0.25) is 0 Å². The predicted octanol–water partition coefficient (Wildman–Crippen LogP) is 1.85. The first-order valence-electron chi connectivity index (χ1n) is 5.26. The molecule has 0 amide bonds. The van der Waals surface area contributed by atoms with Gasteiger partial charge in [0.05, 0.1) is 0 Å². The minimum absolute atomic E-state index is 0.609. The van der Waals surface area contributed by atoms with E-state index in [0.717, 1.165) is 5.92 Å². The summed E-state index contributed by atoms with van der Waals surface area (Å²) in [5.41, 5.74) is 5.42. The van der Waals surface area contributed by atoms with Crippen LogP contribution in [0.3, 0.4) is 0 Å². The van der Waals surface area contributed by atoms with E-state index < -0.39 is 0 Å². The molecule has 2 heteroatoms. The van der Waals surface area contributed by atoms with Crippen molar-refractivity contribution in [2.45, 2.75) is 51.5 Å². The maximum Gasteiger partial charge on any atom is 0.0430 e. The summed E-state index contributed by atoms with van der Waals surface area (Å²) in [6, 6.07) is 0.609. The van der Waals surface area contributed by atoms with Crippen LogP contribution < -0.4 is 11.1 Å². The highest BCUT2D eigenvalue weighted by atomic mass is 15.0. The first-order valence-corrected chi connectivity index (χ1v) is 5.26. The summed E-state index contributed by atoms with van der Waals surface area (Å²) in [6.45, 7) is 2.86. The molecule has 1 aliphatic rings. The SMILES string of the molecule is CC(CC1CCCCC1)NCN. The fourth-order valence-electron chi connectivity index (χ4n) is 2.21. The Morgan fingerprint density at radius 3 is 2.58 bits per heavy atom. The van der Waals surface area contributed by atoms with E-state index in [1.54, 1.807) is 0 Å². The van der Waals surface area contributed by atoms with Crippen LogP contribution in [0.15, 0.2) is 0 Å². The van der Waals surface area contributed by atoms with E-state index in [2.05, 4.69) is 12.2 Å². The minimum Gasteiger partial charge on any atom is -0.318 e. The smallest absolute Gasteiger partial charge is 0.0430 e. The van der Waals surface area contributed by atoms with Gasteiger partial charge >= 0.3 is 0 Å². The monoisotopic (exact) mass is 170 g/mol. The second-order valence-electron chi connectivity index (χ2n) is 4.05. The average molecular weight is 170 g/mol. The van der Waals surface area contributed by atoms with Gasteiger partial charge in [-0.2, -0.15) is 0 Å². The molecule has 0 spiro atoms. The standard InChI is InChI=1S/C10H22N2/c1-9(12-8-11)7-10-5-3-2-4-6-10/h9-10,12H,2-8,11H2,1H3. The normalized spacial score (nSPS) is 22.5. The Morgan fingerprint density at radius 2 is 2.00 bits per heavy atom. The summed E-state index contributed by atoms with van der Waals surface area (Å²) in [5.74, 6) is 0.966. The molecule has 1 aliphatic carbocycles. The van der Waals surface area contributed by atoms with Gasteiger partial charge in [0.25, 0.3) is 0 Å². The van der Waals surface area contributed by atoms with E-state index in [4.69, 9.17) is 5.73 Å². The third kappa shape index (κ3) is 3.55. The van der Waals surface area contributed by atoms with Crippen molar-refractivity contribution in [1.29, 1.82) is 0 Å². The lowest BCUT2D eigenvalue weighted by atomic mass is 9.85. The molecular formula is C10H22N2. The van der Waals surface area contributed by atoms with E-state index >= 15 is 0 Å². The second-order valence-corrected chi connectivity index (χ2v) is 4.05. The summed E-state index contributed by atoms with van der Waals surface area (Å²) >= 11 is 0. The quantitative estimate of drug-likeness (QED) is 0.632. The lowest BCUT2D eigenvalue weighted by Gasteiger charge is -2.24. The van der Waals surface area contributed by atoms with Gasteiger partial charge in [-0.15, -0.1) is 0 Å². The number of hydrogen-bond donors (Lipinski definition) is 2. The average Bonchev–Trinajstić information content (AvgIpc) is 2.06. The van der Waals surface area contributed by atoms with Gasteiger partial charge in [-0.25, -0.2) is 0 Å². The Hall–Kier alpha value is -0.0800. The minimum atomic E-state index is 0.609. The van der Waals surface area contributed by atoms with Gasteiger partial charge in [0, 0.05) is 12.7 Å². The van der Waals surface area contributed by atoms with E-state index in [9.17, 15) is 0 Å². The number of nitrogens with two attached hydrogens (primary N) is 1. The number of rotatable bonds is 4. The van der Waals surface area contributed by atoms with Crippen molar-refractivity contribution in [2.24, 2.45) is 11.7 Å². The first-order chi connectivity index (χ1) is 5.83. The van der Waals surface area contributed by atoms with E-state index in [1.807, 2.05) is 0 Å². The molecule has 1 unspecified atom stereocenters. The molecule has 1 fully saturated rings. The lowest BCUT2D eigenvalue weighted by molar-refractivity contribution is 0.306. The van der Waals surface area contributed by atoms with Gasteiger partial charge in [-0.1, -0.05) is 32.1 Å². The highest BCUT2D eigenvalue weighted by Gasteiger charge is 2.15. The van der Waals surface area contributed by atoms with E-state index in [-0.39, 0.29) is 0 Å². The molecule has 0 aliphatic heterocycles. The van der Waals surface area contributed by atoms with Gasteiger partial charge < -0.3 is 11.1 Å². The fourth-order valence-corrected chi connectivity index (χ4v) is 2.21. The number of hydrogen-bond acceptors (Lipinski definition) is 2. The van der Waals surface area contributed by atoms with E-state index in [1.165, 1.54) is 38.5 Å². The predicted molar refractivity (Wildman–Crippen MR) is 52.8 cm³/mol. The van der Waals surface area contributed by atoms with Crippen LogP contribution in [0.2, 0.25) is 0 Å². The zero-order chi connectivity index (χ0) is 8.81. The molecule has 72 valence electrons. The Kier molecular flexibility index (Phi) is 4.62. The maximum atomic E-state index is 5.42. The van der Waals surface area contributed by atoms with Crippen molar-refractivity contribution in [3.05, 3.63) is 0 Å². The third-order valence-corrected chi connectivity index (χ3v) is 2.88. The number of nitrogens with one attached hydrogen (secondary N) is 1. The van der Waals surface area contributed by atoms with Gasteiger partial charge in [0.1, 0.15) is 0 Å². The zero-order valence-electron chi connectivity index (χ0n) is 8.18. The van der Waals surface area contributed by atoms with Crippen LogP contribution >= 0.6 is 0 Å². The maximum absolute atomic E-state index is 5.42. The van der Waals surface area contributed by atoms with Crippen LogP contribution in [-0.2, 0) is 0 Å². The van der Waals surface area contributed by atoms with Crippen molar-refractivity contribution in [3.8, 4) is 0 Å². The second kappa shape index (κ2) is 5.55. The summed E-state index contributed by atoms with van der Waals surface area (Å²) < 4.78 is 0. The van der Waals surface area contributed by atoms with Crippen LogP contribution in [0.4, 0.5) is 0 Å². The van der Waals surface area contributed by atoms with Crippen molar-refractivity contribution in [2.75, 3.05) is 6.67 Å². The molecule has 0 aromatic rings. The van der Waals surface area contributed by atoms with Crippen molar-refractivity contribution < 1.29 is 0 Å². The van der Waals surface area contributed by atoms with Gasteiger partial charge in [-0.05, 0) is 19.3 Å². The molecule has 0 aromatic carbocycles. The molecule has 1 saturated carbocycles. The van der Waals surface area contributed by atoms with Crippen LogP contribution in [0, 0.1) is 5.92 Å². The molecular weight excluding hydrogens is 148 g/mol. The van der Waals surface area contributed by atoms with E-state index in [0.29, 0.717) is 12.7 Å². The van der Waals surface area contributed by atoms with Crippen molar-refractivity contribution in [1.82, 2.24) is 5.32 Å². The Morgan fingerprint density at radius 1 is 1.33 bits per heavy atom. The van der Waals surface area contributed by atoms with Crippen LogP contribution in [0.5, 0.6) is 0 Å². The van der Waals surface area contributed by atoms with Crippen LogP contribution in [-0.4, -0.2) is 12.7 Å². The first kappa shape index (κ1) is 10.0. The summed E-state index contributed by atoms with van der Waals surface area (Å²) in [6.07, 6.45) is 8.54. The third-order valence-electron chi connectivity index (χ3n) is 2.88. The Labute approximate surface area is 75.9 Å². The van der Waals surface area contributed by atoms with Gasteiger partial charge in [-0.3, -0.25) is 0 Å². The van der Waals surface area contributed by atoms with Crippen LogP contribution in [0.1, 0.15) is 45.4 Å². The Bertz CT molecular complexity index is 108. The van der Waals surface area contributed by atoms with Gasteiger partial charge in [0.15, 0.2) is 0 Å². The lowest BCUT2D eigenvalue weighted by Crippen LogP contribution is -2.33. The topological polar surface area (TPSA) is 38.0 Å². The molecule has 12 heavy (non-hydrogen) atoms. The summed E-state index contributed by atoms with van der Waals surface area (Å²) in [5, 5.41) is 3.27.